The van der Waals surface area contributed by atoms with Crippen LogP contribution in [0, 0.1) is 0 Å². The summed E-state index contributed by atoms with van der Waals surface area (Å²) in [4.78, 5) is 19.3. The zero-order valence-corrected chi connectivity index (χ0v) is 13.3. The van der Waals surface area contributed by atoms with Crippen molar-refractivity contribution >= 4 is 49.7 Å². The number of aliphatic hydroxyl groups excluding tert-OH is 6. The van der Waals surface area contributed by atoms with Gasteiger partial charge in [-0.15, -0.1) is 0 Å². The summed E-state index contributed by atoms with van der Waals surface area (Å²) in [5.74, 6) is -3.41. The van der Waals surface area contributed by atoms with E-state index in [9.17, 15) is 19.8 Å². The molecular formula is C9H18CaO11. The Kier molecular flexibility index (Phi) is 20.5. The Morgan fingerprint density at radius 3 is 1.48 bits per heavy atom. The fraction of sp³-hybridized carbons (Fsp3) is 0.778. The van der Waals surface area contributed by atoms with Crippen molar-refractivity contribution in [1.29, 1.82) is 0 Å². The van der Waals surface area contributed by atoms with Gasteiger partial charge in [0.1, 0.15) is 24.4 Å². The Morgan fingerprint density at radius 1 is 0.952 bits per heavy atom. The average Bonchev–Trinajstić information content (AvgIpc) is 2.35. The molecule has 21 heavy (non-hydrogen) atoms. The second kappa shape index (κ2) is 14.8. The van der Waals surface area contributed by atoms with Gasteiger partial charge in [0.15, 0.2) is 0 Å². The van der Waals surface area contributed by atoms with Crippen LogP contribution in [0.1, 0.15) is 6.92 Å². The summed E-state index contributed by atoms with van der Waals surface area (Å²) < 4.78 is 0. The first-order chi connectivity index (χ1) is 8.56. The Hall–Kier alpha value is -0.0803. The third kappa shape index (κ3) is 13.3. The van der Waals surface area contributed by atoms with Crippen molar-refractivity contribution < 1.29 is 55.9 Å². The molecule has 0 amide bonds. The van der Waals surface area contributed by atoms with E-state index in [0.717, 1.165) is 6.92 Å². The number of carbonyl (C=O) groups is 2. The van der Waals surface area contributed by atoms with Gasteiger partial charge in [0.05, 0.1) is 24.6 Å². The quantitative estimate of drug-likeness (QED) is 0.249. The molecule has 0 rings (SSSR count). The maximum Gasteiger partial charge on any atom is 2.00 e. The zero-order valence-electron chi connectivity index (χ0n) is 11.1. The molecule has 0 saturated carbocycles. The molecule has 122 valence electrons. The average molecular weight is 342 g/mol. The number of carboxylic acids is 2. The van der Waals surface area contributed by atoms with Crippen LogP contribution in [0.4, 0.5) is 0 Å². The molecule has 0 saturated heterocycles. The van der Waals surface area contributed by atoms with Crippen LogP contribution in [0.25, 0.3) is 0 Å². The van der Waals surface area contributed by atoms with Crippen LogP contribution in [-0.4, -0.2) is 123 Å². The summed E-state index contributed by atoms with van der Waals surface area (Å²) in [6, 6.07) is 0. The molecular weight excluding hydrogens is 324 g/mol. The van der Waals surface area contributed by atoms with E-state index in [2.05, 4.69) is 0 Å². The molecule has 8 N–H and O–H groups in total. The molecule has 12 heteroatoms. The maximum atomic E-state index is 9.98. The van der Waals surface area contributed by atoms with Gasteiger partial charge in [-0.2, -0.15) is 0 Å². The topological polar surface area (TPSA) is 233 Å². The second-order valence-corrected chi connectivity index (χ2v) is 3.49. The summed E-state index contributed by atoms with van der Waals surface area (Å²) >= 11 is 0. The van der Waals surface area contributed by atoms with E-state index in [1.165, 1.54) is 0 Å². The first-order valence-electron chi connectivity index (χ1n) is 4.99. The van der Waals surface area contributed by atoms with E-state index >= 15 is 0 Å². The third-order valence-corrected chi connectivity index (χ3v) is 1.84. The van der Waals surface area contributed by atoms with Crippen molar-refractivity contribution in [3.63, 3.8) is 0 Å². The summed E-state index contributed by atoms with van der Waals surface area (Å²) in [6.45, 7) is 0.271. The summed E-state index contributed by atoms with van der Waals surface area (Å²) in [7, 11) is 0. The Bertz CT molecular complexity index is 285. The summed E-state index contributed by atoms with van der Waals surface area (Å²) in [5, 5.41) is 70.7. The van der Waals surface area contributed by atoms with Crippen LogP contribution >= 0.6 is 0 Å². The zero-order chi connectivity index (χ0) is 15.7. The summed E-state index contributed by atoms with van der Waals surface area (Å²) in [5.41, 5.74) is 0. The van der Waals surface area contributed by atoms with Gasteiger partial charge in [-0.05, 0) is 6.92 Å². The molecule has 11 nitrogen and oxygen atoms in total. The van der Waals surface area contributed by atoms with Gasteiger partial charge in [0.2, 0.25) is 0 Å². The molecule has 5 atom stereocenters. The smallest absolute Gasteiger partial charge is 0.547 e. The SMILES string of the molecule is CC(O)C(=O)[O-].O.O=C([O-])C(O)C(O)C(O)C(O)CO.[Ca+2]. The van der Waals surface area contributed by atoms with Gasteiger partial charge >= 0.3 is 37.7 Å². The van der Waals surface area contributed by atoms with E-state index in [4.69, 9.17) is 30.6 Å². The predicted octanol–water partition coefficient (Wildman–Crippen LogP) is -7.92. The molecule has 0 aromatic rings. The minimum Gasteiger partial charge on any atom is -0.547 e. The molecule has 0 aliphatic rings. The van der Waals surface area contributed by atoms with E-state index in [1.807, 2.05) is 0 Å². The van der Waals surface area contributed by atoms with E-state index in [-0.39, 0.29) is 43.2 Å². The molecule has 0 aliphatic carbocycles. The van der Waals surface area contributed by atoms with E-state index in [1.54, 1.807) is 0 Å². The van der Waals surface area contributed by atoms with Gasteiger partial charge in [-0.25, -0.2) is 0 Å². The predicted molar refractivity (Wildman–Crippen MR) is 62.2 cm³/mol. The largest absolute Gasteiger partial charge is 2.00 e. The Morgan fingerprint density at radius 2 is 1.29 bits per heavy atom. The number of hydrogen-bond donors (Lipinski definition) is 6. The molecule has 0 radical (unpaired) electrons. The van der Waals surface area contributed by atoms with Crippen LogP contribution in [0.3, 0.4) is 0 Å². The van der Waals surface area contributed by atoms with Crippen LogP contribution in [0.15, 0.2) is 0 Å². The van der Waals surface area contributed by atoms with Crippen LogP contribution < -0.4 is 10.2 Å². The van der Waals surface area contributed by atoms with Gasteiger partial charge in [0.25, 0.3) is 0 Å². The summed E-state index contributed by atoms with van der Waals surface area (Å²) in [6.07, 6.45) is -9.42. The van der Waals surface area contributed by atoms with Gasteiger partial charge < -0.3 is 55.9 Å². The van der Waals surface area contributed by atoms with Crippen LogP contribution in [0.5, 0.6) is 0 Å². The molecule has 0 aromatic carbocycles. The fourth-order valence-electron chi connectivity index (χ4n) is 0.662. The van der Waals surface area contributed by atoms with Crippen molar-refractivity contribution in [3.8, 4) is 0 Å². The van der Waals surface area contributed by atoms with Crippen molar-refractivity contribution in [1.82, 2.24) is 0 Å². The molecule has 0 bridgehead atoms. The normalized spacial score (nSPS) is 16.5. The van der Waals surface area contributed by atoms with Gasteiger partial charge in [0, 0.05) is 0 Å². The second-order valence-electron chi connectivity index (χ2n) is 3.49. The Labute approximate surface area is 149 Å². The van der Waals surface area contributed by atoms with Crippen molar-refractivity contribution in [3.05, 3.63) is 0 Å². The molecule has 0 fully saturated rings. The number of carbonyl (C=O) groups excluding carboxylic acids is 2. The molecule has 0 aliphatic heterocycles. The number of rotatable bonds is 6. The first kappa shape index (κ1) is 29.0. The van der Waals surface area contributed by atoms with Crippen molar-refractivity contribution in [2.24, 2.45) is 0 Å². The van der Waals surface area contributed by atoms with Gasteiger partial charge in [-0.3, -0.25) is 0 Å². The third-order valence-electron chi connectivity index (χ3n) is 1.84. The molecule has 0 heterocycles. The number of aliphatic carboxylic acids is 2. The van der Waals surface area contributed by atoms with Crippen molar-refractivity contribution in [2.75, 3.05) is 6.61 Å². The van der Waals surface area contributed by atoms with E-state index in [0.29, 0.717) is 0 Å². The standard InChI is InChI=1S/C6H12O7.C3H6O3.Ca.H2O/c7-1-2(8)3(9)4(10)5(11)6(12)13;1-2(4)3(5)6;;/h2-5,7-11H,1H2,(H,12,13);2,4H,1H3,(H,5,6);;1H2/q;;+2;/p-2. The van der Waals surface area contributed by atoms with Crippen molar-refractivity contribution in [2.45, 2.75) is 37.4 Å². The molecule has 5 unspecified atom stereocenters. The fourth-order valence-corrected chi connectivity index (χ4v) is 0.662. The maximum absolute atomic E-state index is 9.98. The van der Waals surface area contributed by atoms with Crippen LogP contribution in [0.2, 0.25) is 0 Å². The van der Waals surface area contributed by atoms with Crippen LogP contribution in [-0.2, 0) is 9.59 Å². The number of aliphatic hydroxyl groups is 6. The number of carboxylic acid groups (broad SMARTS) is 2. The van der Waals surface area contributed by atoms with E-state index < -0.39 is 49.1 Å². The molecule has 0 aromatic heterocycles. The minimum atomic E-state index is -2.31. The monoisotopic (exact) mass is 342 g/mol. The first-order valence-corrected chi connectivity index (χ1v) is 4.99. The Balaban J connectivity index is -0.000000156. The number of hydrogen-bond acceptors (Lipinski definition) is 10. The minimum absolute atomic E-state index is 0. The van der Waals surface area contributed by atoms with Gasteiger partial charge in [-0.1, -0.05) is 0 Å². The molecule has 0 spiro atoms.